The summed E-state index contributed by atoms with van der Waals surface area (Å²) in [4.78, 5) is 0. The molecule has 0 aromatic heterocycles. The molecule has 0 aliphatic heterocycles. The fraction of sp³-hybridized carbons (Fsp3) is 0.200. The van der Waals surface area contributed by atoms with Gasteiger partial charge in [0.1, 0.15) is 11.5 Å². The van der Waals surface area contributed by atoms with Crippen molar-refractivity contribution in [1.82, 2.24) is 0 Å². The van der Waals surface area contributed by atoms with E-state index < -0.39 is 0 Å². The smallest absolute Gasteiger partial charge is 0.139 e. The highest BCUT2D eigenvalue weighted by atomic mass is 35.5. The average Bonchev–Trinajstić information content (AvgIpc) is 2.41. The first-order valence-electron chi connectivity index (χ1n) is 5.99. The van der Waals surface area contributed by atoms with E-state index in [1.165, 1.54) is 0 Å². The molecule has 2 aromatic rings. The lowest BCUT2D eigenvalue weighted by atomic mass is 10.1. The Kier molecular flexibility index (Phi) is 4.17. The van der Waals surface area contributed by atoms with Crippen molar-refractivity contribution < 1.29 is 9.84 Å². The van der Waals surface area contributed by atoms with Gasteiger partial charge in [-0.3, -0.25) is 0 Å². The minimum atomic E-state index is 0.117. The van der Waals surface area contributed by atoms with E-state index in [9.17, 15) is 5.11 Å². The van der Waals surface area contributed by atoms with Gasteiger partial charge in [-0.15, -0.1) is 0 Å². The maximum atomic E-state index is 9.28. The van der Waals surface area contributed by atoms with Gasteiger partial charge in [0, 0.05) is 17.8 Å². The van der Waals surface area contributed by atoms with Gasteiger partial charge in [-0.05, 0) is 36.8 Å². The lowest BCUT2D eigenvalue weighted by molar-refractivity contribution is 0.415. The topological polar surface area (TPSA) is 41.5 Å². The summed E-state index contributed by atoms with van der Waals surface area (Å²) in [6.45, 7) is 2.05. The van der Waals surface area contributed by atoms with Gasteiger partial charge >= 0.3 is 0 Å². The molecule has 0 aliphatic rings. The molecule has 0 aliphatic carbocycles. The van der Waals surface area contributed by atoms with Crippen molar-refractivity contribution >= 4 is 17.3 Å². The van der Waals surface area contributed by atoms with E-state index in [2.05, 4.69) is 5.32 Å². The van der Waals surface area contributed by atoms with Gasteiger partial charge < -0.3 is 15.2 Å². The predicted molar refractivity (Wildman–Crippen MR) is 78.1 cm³/mol. The molecule has 4 heteroatoms. The fourth-order valence-electron chi connectivity index (χ4n) is 1.85. The van der Waals surface area contributed by atoms with Crippen LogP contribution in [-0.4, -0.2) is 12.2 Å². The molecular formula is C15H16ClNO2. The number of hydrogen-bond donors (Lipinski definition) is 2. The Labute approximate surface area is 117 Å². The molecule has 19 heavy (non-hydrogen) atoms. The number of phenolic OH excluding ortho intramolecular Hbond substituents is 1. The van der Waals surface area contributed by atoms with Crippen molar-refractivity contribution in [3.05, 3.63) is 53.1 Å². The first-order valence-corrected chi connectivity index (χ1v) is 6.37. The molecule has 0 heterocycles. The summed E-state index contributed by atoms with van der Waals surface area (Å²) in [7, 11) is 1.59. The van der Waals surface area contributed by atoms with Crippen LogP contribution in [-0.2, 0) is 0 Å². The van der Waals surface area contributed by atoms with E-state index >= 15 is 0 Å². The first kappa shape index (κ1) is 13.6. The Morgan fingerprint density at radius 1 is 1.16 bits per heavy atom. The molecule has 100 valence electrons. The maximum Gasteiger partial charge on any atom is 0.139 e. The molecule has 0 radical (unpaired) electrons. The summed E-state index contributed by atoms with van der Waals surface area (Å²) in [5.74, 6) is 0.911. The van der Waals surface area contributed by atoms with Crippen molar-refractivity contribution in [3.8, 4) is 11.5 Å². The summed E-state index contributed by atoms with van der Waals surface area (Å²) in [6, 6.07) is 12.8. The number of ether oxygens (including phenoxy) is 1. The highest BCUT2D eigenvalue weighted by Gasteiger charge is 2.07. The first-order chi connectivity index (χ1) is 9.10. The summed E-state index contributed by atoms with van der Waals surface area (Å²) in [5.41, 5.74) is 2.02. The lowest BCUT2D eigenvalue weighted by Crippen LogP contribution is -2.06. The Morgan fingerprint density at radius 2 is 1.84 bits per heavy atom. The molecule has 2 N–H and O–H groups in total. The number of halogens is 1. The van der Waals surface area contributed by atoms with Crippen LogP contribution in [0, 0.1) is 0 Å². The maximum absolute atomic E-state index is 9.28. The van der Waals surface area contributed by atoms with Crippen molar-refractivity contribution in [2.24, 2.45) is 0 Å². The third-order valence-corrected chi connectivity index (χ3v) is 3.24. The van der Waals surface area contributed by atoms with Gasteiger partial charge in [0.2, 0.25) is 0 Å². The molecule has 0 saturated carbocycles. The molecule has 1 atom stereocenters. The largest absolute Gasteiger partial charge is 0.508 e. The Balaban J connectivity index is 2.14. The van der Waals surface area contributed by atoms with Gasteiger partial charge in [0.15, 0.2) is 0 Å². The molecular weight excluding hydrogens is 262 g/mol. The standard InChI is InChI=1S/C15H16ClNO2/c1-10(11-3-6-13(18)7-4-11)17-12-5-8-14(16)15(9-12)19-2/h3-10,17-18H,1-2H3. The third kappa shape index (κ3) is 3.32. The minimum Gasteiger partial charge on any atom is -0.508 e. The van der Waals surface area contributed by atoms with E-state index in [4.69, 9.17) is 16.3 Å². The molecule has 3 nitrogen and oxygen atoms in total. The van der Waals surface area contributed by atoms with Crippen LogP contribution in [0.1, 0.15) is 18.5 Å². The van der Waals surface area contributed by atoms with Crippen LogP contribution in [0.4, 0.5) is 5.69 Å². The molecule has 1 unspecified atom stereocenters. The van der Waals surface area contributed by atoms with E-state index in [1.807, 2.05) is 31.2 Å². The molecule has 0 saturated heterocycles. The number of anilines is 1. The van der Waals surface area contributed by atoms with Crippen LogP contribution in [0.3, 0.4) is 0 Å². The van der Waals surface area contributed by atoms with Gasteiger partial charge in [-0.25, -0.2) is 0 Å². The van der Waals surface area contributed by atoms with Gasteiger partial charge in [-0.2, -0.15) is 0 Å². The zero-order valence-electron chi connectivity index (χ0n) is 10.9. The Hall–Kier alpha value is -1.87. The van der Waals surface area contributed by atoms with Crippen LogP contribution in [0.15, 0.2) is 42.5 Å². The number of nitrogens with one attached hydrogen (secondary N) is 1. The third-order valence-electron chi connectivity index (χ3n) is 2.93. The molecule has 0 amide bonds. The van der Waals surface area contributed by atoms with E-state index in [-0.39, 0.29) is 11.8 Å². The highest BCUT2D eigenvalue weighted by Crippen LogP contribution is 2.29. The van der Waals surface area contributed by atoms with Crippen molar-refractivity contribution in [1.29, 1.82) is 0 Å². The zero-order valence-corrected chi connectivity index (χ0v) is 11.6. The van der Waals surface area contributed by atoms with Gasteiger partial charge in [-0.1, -0.05) is 23.7 Å². The molecule has 0 bridgehead atoms. The second-order valence-corrected chi connectivity index (χ2v) is 4.71. The fourth-order valence-corrected chi connectivity index (χ4v) is 2.04. The summed E-state index contributed by atoms with van der Waals surface area (Å²) < 4.78 is 5.18. The zero-order chi connectivity index (χ0) is 13.8. The second kappa shape index (κ2) is 5.85. The van der Waals surface area contributed by atoms with Crippen LogP contribution in [0.25, 0.3) is 0 Å². The van der Waals surface area contributed by atoms with Gasteiger partial charge in [0.05, 0.1) is 12.1 Å². The van der Waals surface area contributed by atoms with Crippen molar-refractivity contribution in [2.75, 3.05) is 12.4 Å². The molecule has 0 spiro atoms. The second-order valence-electron chi connectivity index (χ2n) is 4.31. The highest BCUT2D eigenvalue weighted by molar-refractivity contribution is 6.32. The normalized spacial score (nSPS) is 11.9. The summed E-state index contributed by atoms with van der Waals surface area (Å²) >= 11 is 5.99. The van der Waals surface area contributed by atoms with Crippen molar-refractivity contribution in [3.63, 3.8) is 0 Å². The average molecular weight is 278 g/mol. The number of aromatic hydroxyl groups is 1. The quantitative estimate of drug-likeness (QED) is 0.879. The lowest BCUT2D eigenvalue weighted by Gasteiger charge is -2.16. The molecule has 2 aromatic carbocycles. The predicted octanol–water partition coefficient (Wildman–Crippen LogP) is 4.23. The van der Waals surface area contributed by atoms with Gasteiger partial charge in [0.25, 0.3) is 0 Å². The Morgan fingerprint density at radius 3 is 2.47 bits per heavy atom. The van der Waals surface area contributed by atoms with Crippen LogP contribution >= 0.6 is 11.6 Å². The minimum absolute atomic E-state index is 0.117. The van der Waals surface area contributed by atoms with E-state index in [0.29, 0.717) is 10.8 Å². The number of benzene rings is 2. The van der Waals surface area contributed by atoms with Crippen molar-refractivity contribution in [2.45, 2.75) is 13.0 Å². The van der Waals surface area contributed by atoms with Crippen LogP contribution in [0.2, 0.25) is 5.02 Å². The van der Waals surface area contributed by atoms with Crippen LogP contribution in [0.5, 0.6) is 11.5 Å². The summed E-state index contributed by atoms with van der Waals surface area (Å²) in [5, 5.41) is 13.2. The van der Waals surface area contributed by atoms with E-state index in [0.717, 1.165) is 11.3 Å². The molecule has 0 fully saturated rings. The monoisotopic (exact) mass is 277 g/mol. The van der Waals surface area contributed by atoms with E-state index in [1.54, 1.807) is 25.3 Å². The SMILES string of the molecule is COc1cc(NC(C)c2ccc(O)cc2)ccc1Cl. The Bertz CT molecular complexity index is 555. The number of rotatable bonds is 4. The number of methoxy groups -OCH3 is 1. The van der Waals surface area contributed by atoms with Crippen LogP contribution < -0.4 is 10.1 Å². The number of phenols is 1. The number of hydrogen-bond acceptors (Lipinski definition) is 3. The summed E-state index contributed by atoms with van der Waals surface area (Å²) in [6.07, 6.45) is 0. The molecule has 2 rings (SSSR count).